The number of esters is 1. The summed E-state index contributed by atoms with van der Waals surface area (Å²) in [6.45, 7) is 3.03. The van der Waals surface area contributed by atoms with Crippen molar-refractivity contribution in [1.29, 1.82) is 0 Å². The van der Waals surface area contributed by atoms with E-state index in [1.54, 1.807) is 12.1 Å². The normalized spacial score (nSPS) is 11.3. The zero-order valence-electron chi connectivity index (χ0n) is 15.6. The highest BCUT2D eigenvalue weighted by Gasteiger charge is 2.21. The number of halogens is 1. The molecule has 0 heterocycles. The molecular formula is C19H18FN3O6. The SMILES string of the molecule is CC(=O)NCc1ccc(C(=O)OC(C)C(=O)Nc2ccc(F)c([N+](=O)[O-])c2)cc1. The van der Waals surface area contributed by atoms with Crippen molar-refractivity contribution in [2.75, 3.05) is 5.32 Å². The van der Waals surface area contributed by atoms with Gasteiger partial charge in [-0.1, -0.05) is 12.1 Å². The predicted molar refractivity (Wildman–Crippen MR) is 101 cm³/mol. The highest BCUT2D eigenvalue weighted by atomic mass is 19.1. The van der Waals surface area contributed by atoms with Crippen LogP contribution in [0.4, 0.5) is 15.8 Å². The average molecular weight is 403 g/mol. The molecule has 2 aromatic carbocycles. The Labute approximate surface area is 165 Å². The Morgan fingerprint density at radius 3 is 2.41 bits per heavy atom. The second-order valence-electron chi connectivity index (χ2n) is 6.07. The van der Waals surface area contributed by atoms with Crippen LogP contribution in [0, 0.1) is 15.9 Å². The third-order valence-corrected chi connectivity index (χ3v) is 3.79. The number of benzene rings is 2. The number of nitrogens with one attached hydrogen (secondary N) is 2. The van der Waals surface area contributed by atoms with E-state index in [1.165, 1.54) is 26.0 Å². The molecule has 29 heavy (non-hydrogen) atoms. The van der Waals surface area contributed by atoms with Crippen molar-refractivity contribution >= 4 is 29.2 Å². The largest absolute Gasteiger partial charge is 0.449 e. The van der Waals surface area contributed by atoms with E-state index in [0.717, 1.165) is 23.8 Å². The Bertz CT molecular complexity index is 945. The molecule has 0 bridgehead atoms. The summed E-state index contributed by atoms with van der Waals surface area (Å²) < 4.78 is 18.4. The van der Waals surface area contributed by atoms with E-state index in [9.17, 15) is 28.9 Å². The summed E-state index contributed by atoms with van der Waals surface area (Å²) >= 11 is 0. The third kappa shape index (κ3) is 6.09. The Morgan fingerprint density at radius 1 is 1.17 bits per heavy atom. The zero-order valence-corrected chi connectivity index (χ0v) is 15.6. The topological polar surface area (TPSA) is 128 Å². The third-order valence-electron chi connectivity index (χ3n) is 3.79. The zero-order chi connectivity index (χ0) is 21.6. The van der Waals surface area contributed by atoms with Gasteiger partial charge >= 0.3 is 11.7 Å². The summed E-state index contributed by atoms with van der Waals surface area (Å²) in [6, 6.07) is 9.13. The van der Waals surface area contributed by atoms with Gasteiger partial charge in [0.1, 0.15) is 0 Å². The number of hydrogen-bond acceptors (Lipinski definition) is 6. The van der Waals surface area contributed by atoms with Crippen LogP contribution in [0.3, 0.4) is 0 Å². The summed E-state index contributed by atoms with van der Waals surface area (Å²) in [4.78, 5) is 45.1. The van der Waals surface area contributed by atoms with Gasteiger partial charge in [0, 0.05) is 25.2 Å². The van der Waals surface area contributed by atoms with Gasteiger partial charge in [-0.15, -0.1) is 0 Å². The number of carbonyl (C=O) groups is 3. The van der Waals surface area contributed by atoms with Crippen molar-refractivity contribution in [1.82, 2.24) is 5.32 Å². The van der Waals surface area contributed by atoms with E-state index in [2.05, 4.69) is 10.6 Å². The van der Waals surface area contributed by atoms with Crippen LogP contribution in [-0.4, -0.2) is 28.8 Å². The van der Waals surface area contributed by atoms with E-state index in [0.29, 0.717) is 6.54 Å². The number of amides is 2. The lowest BCUT2D eigenvalue weighted by Crippen LogP contribution is -2.30. The van der Waals surface area contributed by atoms with E-state index in [1.807, 2.05) is 0 Å². The van der Waals surface area contributed by atoms with Gasteiger partial charge in [0.05, 0.1) is 10.5 Å². The fraction of sp³-hybridized carbons (Fsp3) is 0.211. The minimum Gasteiger partial charge on any atom is -0.449 e. The van der Waals surface area contributed by atoms with E-state index in [-0.39, 0.29) is 17.2 Å². The summed E-state index contributed by atoms with van der Waals surface area (Å²) in [7, 11) is 0. The number of rotatable bonds is 7. The van der Waals surface area contributed by atoms with Gasteiger partial charge in [-0.3, -0.25) is 19.7 Å². The number of carbonyl (C=O) groups excluding carboxylic acids is 3. The molecule has 2 rings (SSSR count). The van der Waals surface area contributed by atoms with Crippen molar-refractivity contribution in [3.63, 3.8) is 0 Å². The molecule has 0 aromatic heterocycles. The standard InChI is InChI=1S/C19H18FN3O6/c1-11(18(25)22-15-7-8-16(20)17(9-15)23(27)28)29-19(26)14-5-3-13(4-6-14)10-21-12(2)24/h3-9,11H,10H2,1-2H3,(H,21,24)(H,22,25). The van der Waals surface area contributed by atoms with Gasteiger partial charge < -0.3 is 15.4 Å². The highest BCUT2D eigenvalue weighted by Crippen LogP contribution is 2.22. The summed E-state index contributed by atoms with van der Waals surface area (Å²) in [5.74, 6) is -2.69. The van der Waals surface area contributed by atoms with Gasteiger partial charge in [-0.25, -0.2) is 4.79 Å². The first-order chi connectivity index (χ1) is 13.7. The molecule has 2 amide bonds. The fourth-order valence-corrected chi connectivity index (χ4v) is 2.24. The number of anilines is 1. The highest BCUT2D eigenvalue weighted by molar-refractivity contribution is 5.97. The van der Waals surface area contributed by atoms with Crippen LogP contribution in [-0.2, 0) is 20.9 Å². The first kappa shape index (κ1) is 21.5. The Hall–Kier alpha value is -3.82. The maximum Gasteiger partial charge on any atom is 0.338 e. The van der Waals surface area contributed by atoms with Gasteiger partial charge in [0.15, 0.2) is 6.10 Å². The number of nitrogens with zero attached hydrogens (tertiary/aromatic N) is 1. The van der Waals surface area contributed by atoms with Crippen LogP contribution in [0.2, 0.25) is 0 Å². The van der Waals surface area contributed by atoms with Crippen LogP contribution in [0.15, 0.2) is 42.5 Å². The maximum atomic E-state index is 13.3. The minimum atomic E-state index is -1.20. The van der Waals surface area contributed by atoms with Gasteiger partial charge in [0.25, 0.3) is 5.91 Å². The van der Waals surface area contributed by atoms with Crippen molar-refractivity contribution < 1.29 is 28.4 Å². The van der Waals surface area contributed by atoms with Crippen molar-refractivity contribution in [2.24, 2.45) is 0 Å². The number of hydrogen-bond donors (Lipinski definition) is 2. The molecule has 10 heteroatoms. The van der Waals surface area contributed by atoms with Crippen LogP contribution in [0.5, 0.6) is 0 Å². The van der Waals surface area contributed by atoms with Crippen molar-refractivity contribution in [2.45, 2.75) is 26.5 Å². The maximum absolute atomic E-state index is 13.3. The molecule has 1 unspecified atom stereocenters. The smallest absolute Gasteiger partial charge is 0.338 e. The monoisotopic (exact) mass is 403 g/mol. The first-order valence-electron chi connectivity index (χ1n) is 8.46. The van der Waals surface area contributed by atoms with Crippen molar-refractivity contribution in [3.8, 4) is 0 Å². The molecule has 0 aliphatic heterocycles. The van der Waals surface area contributed by atoms with Crippen molar-refractivity contribution in [3.05, 3.63) is 69.5 Å². The molecule has 0 radical (unpaired) electrons. The molecule has 0 fully saturated rings. The lowest BCUT2D eigenvalue weighted by Gasteiger charge is -2.14. The average Bonchev–Trinajstić information content (AvgIpc) is 2.67. The predicted octanol–water partition coefficient (Wildman–Crippen LogP) is 2.55. The second kappa shape index (κ2) is 9.40. The molecule has 1 atom stereocenters. The Balaban J connectivity index is 1.96. The van der Waals surface area contributed by atoms with Gasteiger partial charge in [0.2, 0.25) is 11.7 Å². The quantitative estimate of drug-likeness (QED) is 0.415. The summed E-state index contributed by atoms with van der Waals surface area (Å²) in [5.41, 5.74) is 0.189. The molecule has 0 saturated carbocycles. The van der Waals surface area contributed by atoms with E-state index in [4.69, 9.17) is 4.74 Å². The molecular weight excluding hydrogens is 385 g/mol. The van der Waals surface area contributed by atoms with E-state index >= 15 is 0 Å². The fourth-order valence-electron chi connectivity index (χ4n) is 2.24. The van der Waals surface area contributed by atoms with Crippen LogP contribution >= 0.6 is 0 Å². The van der Waals surface area contributed by atoms with Crippen LogP contribution in [0.25, 0.3) is 0 Å². The molecule has 2 N–H and O–H groups in total. The van der Waals surface area contributed by atoms with Crippen LogP contribution in [0.1, 0.15) is 29.8 Å². The van der Waals surface area contributed by atoms with Gasteiger partial charge in [-0.2, -0.15) is 4.39 Å². The number of nitro benzene ring substituents is 1. The number of ether oxygens (including phenoxy) is 1. The molecule has 2 aromatic rings. The molecule has 0 spiro atoms. The molecule has 152 valence electrons. The van der Waals surface area contributed by atoms with Crippen LogP contribution < -0.4 is 10.6 Å². The molecule has 0 saturated heterocycles. The van der Waals surface area contributed by atoms with Gasteiger partial charge in [-0.05, 0) is 36.8 Å². The summed E-state index contributed by atoms with van der Waals surface area (Å²) in [5, 5.41) is 15.7. The summed E-state index contributed by atoms with van der Waals surface area (Å²) in [6.07, 6.45) is -1.20. The van der Waals surface area contributed by atoms with E-state index < -0.39 is 34.4 Å². The lowest BCUT2D eigenvalue weighted by molar-refractivity contribution is -0.387. The molecule has 0 aliphatic carbocycles. The second-order valence-corrected chi connectivity index (χ2v) is 6.07. The number of nitro groups is 1. The molecule has 9 nitrogen and oxygen atoms in total. The Morgan fingerprint density at radius 2 is 1.83 bits per heavy atom. The Kier molecular flexibility index (Phi) is 6.96. The minimum absolute atomic E-state index is 0.00618. The molecule has 0 aliphatic rings. The first-order valence-corrected chi connectivity index (χ1v) is 8.46. The lowest BCUT2D eigenvalue weighted by atomic mass is 10.1.